The zero-order valence-corrected chi connectivity index (χ0v) is 33.1. The molecule has 0 aliphatic rings. The third kappa shape index (κ3) is 7.68. The molecule has 8 rings (SSSR count). The third-order valence-corrected chi connectivity index (χ3v) is 8.99. The van der Waals surface area contributed by atoms with Crippen molar-refractivity contribution in [3.63, 3.8) is 0 Å². The van der Waals surface area contributed by atoms with Crippen LogP contribution in [0.15, 0.2) is 102 Å². The first-order valence-electron chi connectivity index (χ1n) is 17.4. The first-order chi connectivity index (χ1) is 23.8. The number of pyridine rings is 3. The Morgan fingerprint density at radius 3 is 2.04 bits per heavy atom. The van der Waals surface area contributed by atoms with Gasteiger partial charge in [-0.1, -0.05) is 88.4 Å². The van der Waals surface area contributed by atoms with Gasteiger partial charge in [-0.15, -0.1) is 53.6 Å². The number of fused-ring (bicyclic) bond motifs is 7. The number of hydrogen-bond acceptors (Lipinski definition) is 4. The molecule has 5 heterocycles. The molecule has 51 heavy (non-hydrogen) atoms. The number of furan rings is 1. The first-order valence-corrected chi connectivity index (χ1v) is 17.4. The van der Waals surface area contributed by atoms with E-state index in [2.05, 4.69) is 113 Å². The summed E-state index contributed by atoms with van der Waals surface area (Å²) in [5, 5.41) is 2.07. The van der Waals surface area contributed by atoms with E-state index in [1.807, 2.05) is 60.9 Å². The average Bonchev–Trinajstić information content (AvgIpc) is 3.65. The summed E-state index contributed by atoms with van der Waals surface area (Å²) in [5.41, 5.74) is 14.1. The second-order valence-electron chi connectivity index (χ2n) is 15.8. The fourth-order valence-electron chi connectivity index (χ4n) is 6.63. The van der Waals surface area contributed by atoms with E-state index in [0.29, 0.717) is 5.41 Å². The van der Waals surface area contributed by atoms with Crippen molar-refractivity contribution in [2.75, 3.05) is 0 Å². The van der Waals surface area contributed by atoms with Gasteiger partial charge in [-0.05, 0) is 83.6 Å². The number of imidazole rings is 1. The standard InChI is InChI=1S/C28H24N3O.C17H20N.Ir/c1-17-16-29-22(14-18(17)15-28(2,3)4)19-8-7-11-24-25(19)20-12-13-31-23-10-6-5-9-21(23)30-27(31)26(20)32-24;1-13-12-18-16(14-8-6-5-7-9-14)10-15(13)11-17(2,3)4;/h5-7,9-14,16H,15H2,1-4H3;5-8,10,12H,11H2,1-4H3;/q2*-1;. The predicted molar refractivity (Wildman–Crippen MR) is 206 cm³/mol. The van der Waals surface area contributed by atoms with Crippen LogP contribution in [-0.2, 0) is 32.9 Å². The number of rotatable bonds is 4. The Kier molecular flexibility index (Phi) is 10.0. The maximum absolute atomic E-state index is 6.36. The minimum Gasteiger partial charge on any atom is -0.472 e. The molecule has 1 radical (unpaired) electrons. The smallest absolute Gasteiger partial charge is 0.181 e. The summed E-state index contributed by atoms with van der Waals surface area (Å²) in [4.78, 5) is 14.1. The Bertz CT molecular complexity index is 2480. The molecule has 8 aromatic rings. The fourth-order valence-corrected chi connectivity index (χ4v) is 6.63. The zero-order chi connectivity index (χ0) is 35.2. The van der Waals surface area contributed by atoms with Crippen molar-refractivity contribution >= 4 is 38.6 Å². The summed E-state index contributed by atoms with van der Waals surface area (Å²) < 4.78 is 8.45. The Balaban J connectivity index is 0.000000202. The van der Waals surface area contributed by atoms with Crippen molar-refractivity contribution in [1.82, 2.24) is 19.4 Å². The van der Waals surface area contributed by atoms with Crippen LogP contribution in [0.4, 0.5) is 0 Å². The molecule has 0 saturated carbocycles. The van der Waals surface area contributed by atoms with Crippen LogP contribution in [0.1, 0.15) is 63.8 Å². The van der Waals surface area contributed by atoms with E-state index in [-0.39, 0.29) is 25.5 Å². The van der Waals surface area contributed by atoms with Crippen LogP contribution in [0, 0.1) is 36.8 Å². The summed E-state index contributed by atoms with van der Waals surface area (Å²) >= 11 is 0. The molecule has 5 aromatic heterocycles. The van der Waals surface area contributed by atoms with Crippen LogP contribution in [0.5, 0.6) is 0 Å². The van der Waals surface area contributed by atoms with Gasteiger partial charge in [-0.25, -0.2) is 4.98 Å². The second kappa shape index (κ2) is 14.2. The van der Waals surface area contributed by atoms with Gasteiger partial charge >= 0.3 is 0 Å². The van der Waals surface area contributed by atoms with Crippen LogP contribution in [0.25, 0.3) is 61.1 Å². The van der Waals surface area contributed by atoms with E-state index >= 15 is 0 Å². The topological polar surface area (TPSA) is 56.2 Å². The molecule has 0 saturated heterocycles. The molecule has 0 aliphatic heterocycles. The van der Waals surface area contributed by atoms with Gasteiger partial charge in [0.2, 0.25) is 0 Å². The molecule has 0 amide bonds. The number of aromatic nitrogens is 4. The normalized spacial score (nSPS) is 11.9. The molecule has 6 heteroatoms. The van der Waals surface area contributed by atoms with Gasteiger partial charge in [0.15, 0.2) is 11.2 Å². The first kappa shape index (κ1) is 36.2. The van der Waals surface area contributed by atoms with Crippen molar-refractivity contribution in [2.45, 2.75) is 68.2 Å². The minimum absolute atomic E-state index is 0. The van der Waals surface area contributed by atoms with Gasteiger partial charge in [-0.2, -0.15) is 0 Å². The van der Waals surface area contributed by atoms with Gasteiger partial charge in [-0.3, -0.25) is 4.40 Å². The molecule has 0 bridgehead atoms. The molecular weight excluding hydrogens is 805 g/mol. The maximum atomic E-state index is 6.36. The van der Waals surface area contributed by atoms with E-state index in [1.165, 1.54) is 22.3 Å². The van der Waals surface area contributed by atoms with E-state index in [4.69, 9.17) is 14.4 Å². The Labute approximate surface area is 314 Å². The quantitative estimate of drug-likeness (QED) is 0.166. The van der Waals surface area contributed by atoms with Crippen LogP contribution < -0.4 is 0 Å². The van der Waals surface area contributed by atoms with Crippen molar-refractivity contribution < 1.29 is 24.5 Å². The predicted octanol–water partition coefficient (Wildman–Crippen LogP) is 11.6. The molecule has 0 fully saturated rings. The monoisotopic (exact) mass is 849 g/mol. The third-order valence-electron chi connectivity index (χ3n) is 8.99. The summed E-state index contributed by atoms with van der Waals surface area (Å²) in [5.74, 6) is 0. The van der Waals surface area contributed by atoms with E-state index in [9.17, 15) is 0 Å². The number of hydrogen-bond donors (Lipinski definition) is 0. The number of benzene rings is 3. The summed E-state index contributed by atoms with van der Waals surface area (Å²) in [6, 6.07) is 33.2. The van der Waals surface area contributed by atoms with E-state index in [0.717, 1.165) is 74.0 Å². The Morgan fingerprint density at radius 2 is 1.37 bits per heavy atom. The van der Waals surface area contributed by atoms with Crippen molar-refractivity contribution in [3.05, 3.63) is 132 Å². The van der Waals surface area contributed by atoms with Crippen molar-refractivity contribution in [2.24, 2.45) is 10.8 Å². The van der Waals surface area contributed by atoms with Crippen LogP contribution >= 0.6 is 0 Å². The van der Waals surface area contributed by atoms with Crippen LogP contribution in [0.3, 0.4) is 0 Å². The van der Waals surface area contributed by atoms with Crippen LogP contribution in [0.2, 0.25) is 0 Å². The van der Waals surface area contributed by atoms with Crippen LogP contribution in [-0.4, -0.2) is 19.4 Å². The summed E-state index contributed by atoms with van der Waals surface area (Å²) in [6.45, 7) is 17.9. The second-order valence-corrected chi connectivity index (χ2v) is 15.8. The summed E-state index contributed by atoms with van der Waals surface area (Å²) in [6.07, 6.45) is 8.09. The maximum Gasteiger partial charge on any atom is 0.181 e. The SMILES string of the molecule is Cc1cnc(-c2[c-]ccc3oc4c(ccn5c6ccccc6nc45)c23)cc1CC(C)(C)C.Cc1cnc(-c2[c-]cccc2)cc1CC(C)(C)C.[Ir]. The molecule has 0 N–H and O–H groups in total. The van der Waals surface area contributed by atoms with Gasteiger partial charge in [0.25, 0.3) is 0 Å². The molecule has 0 spiro atoms. The summed E-state index contributed by atoms with van der Waals surface area (Å²) in [7, 11) is 0. The molecule has 3 aromatic carbocycles. The molecular formula is C45H44IrN4O-2. The Morgan fingerprint density at radius 1 is 0.725 bits per heavy atom. The molecule has 261 valence electrons. The average molecular weight is 849 g/mol. The minimum atomic E-state index is 0. The molecule has 0 atom stereocenters. The molecule has 5 nitrogen and oxygen atoms in total. The van der Waals surface area contributed by atoms with Gasteiger partial charge in [0.05, 0.1) is 16.6 Å². The fraction of sp³-hybridized carbons (Fsp3) is 0.267. The molecule has 0 aliphatic carbocycles. The van der Waals surface area contributed by atoms with Gasteiger partial charge < -0.3 is 14.4 Å². The molecule has 0 unspecified atom stereocenters. The van der Waals surface area contributed by atoms with Crippen molar-refractivity contribution in [1.29, 1.82) is 0 Å². The number of nitrogens with zero attached hydrogens (tertiary/aromatic N) is 4. The number of para-hydroxylation sites is 2. The number of aryl methyl sites for hydroxylation is 2. The van der Waals surface area contributed by atoms with E-state index < -0.39 is 0 Å². The van der Waals surface area contributed by atoms with Gasteiger partial charge in [0.1, 0.15) is 0 Å². The van der Waals surface area contributed by atoms with Gasteiger partial charge in [0, 0.05) is 38.7 Å². The van der Waals surface area contributed by atoms with E-state index in [1.54, 1.807) is 0 Å². The van der Waals surface area contributed by atoms with Crippen molar-refractivity contribution in [3.8, 4) is 22.5 Å². The zero-order valence-electron chi connectivity index (χ0n) is 30.7. The Hall–Kier alpha value is -4.64. The largest absolute Gasteiger partial charge is 0.472 e.